The smallest absolute Gasteiger partial charge is 0.459 e. The highest BCUT2D eigenvalue weighted by Gasteiger charge is 2.34. The number of rotatable bonds is 10. The van der Waals surface area contributed by atoms with Crippen molar-refractivity contribution >= 4 is 20.0 Å². The molecule has 0 bridgehead atoms. The standard InChI is InChI=1S/C24H31N2O7P/c1-15(2)32-24(29)17(4)26-34(30,31-14-19-12-25-16(3)23(28)21(19)13-27)33-22-11-7-9-18-8-5-6-10-20(18)22/h7,9,11-13,15,17,28H,5-6,8,10,14H2,1-4H3,(H,26,30)/t17-,34?/m0/s1. The van der Waals surface area contributed by atoms with Gasteiger partial charge in [0.25, 0.3) is 0 Å². The van der Waals surface area contributed by atoms with Gasteiger partial charge in [0.2, 0.25) is 0 Å². The Labute approximate surface area is 199 Å². The zero-order chi connectivity index (χ0) is 24.9. The van der Waals surface area contributed by atoms with E-state index in [4.69, 9.17) is 13.8 Å². The van der Waals surface area contributed by atoms with Crippen LogP contribution in [-0.4, -0.2) is 34.5 Å². The summed E-state index contributed by atoms with van der Waals surface area (Å²) in [5.74, 6) is -0.468. The summed E-state index contributed by atoms with van der Waals surface area (Å²) in [6.07, 6.45) is 5.23. The van der Waals surface area contributed by atoms with Crippen LogP contribution < -0.4 is 9.61 Å². The van der Waals surface area contributed by atoms with Gasteiger partial charge in [-0.05, 0) is 70.6 Å². The first kappa shape index (κ1) is 25.9. The summed E-state index contributed by atoms with van der Waals surface area (Å²) in [5, 5.41) is 12.8. The van der Waals surface area contributed by atoms with Crippen LogP contribution in [0.1, 0.15) is 66.4 Å². The molecule has 1 aliphatic carbocycles. The van der Waals surface area contributed by atoms with Gasteiger partial charge in [-0.1, -0.05) is 12.1 Å². The number of esters is 1. The van der Waals surface area contributed by atoms with Crippen molar-refractivity contribution in [1.82, 2.24) is 10.1 Å². The van der Waals surface area contributed by atoms with Crippen molar-refractivity contribution < 1.29 is 33.0 Å². The second-order valence-corrected chi connectivity index (χ2v) is 10.2. The highest BCUT2D eigenvalue weighted by Crippen LogP contribution is 2.48. The molecule has 0 fully saturated rings. The fraction of sp³-hybridized carbons (Fsp3) is 0.458. The highest BCUT2D eigenvalue weighted by atomic mass is 31.2. The predicted octanol–water partition coefficient (Wildman–Crippen LogP) is 4.42. The van der Waals surface area contributed by atoms with Gasteiger partial charge in [-0.15, -0.1) is 0 Å². The molecule has 1 heterocycles. The van der Waals surface area contributed by atoms with Crippen molar-refractivity contribution in [3.63, 3.8) is 0 Å². The van der Waals surface area contributed by atoms with Gasteiger partial charge in [0.15, 0.2) is 6.29 Å². The van der Waals surface area contributed by atoms with Crippen LogP contribution in [-0.2, 0) is 38.1 Å². The van der Waals surface area contributed by atoms with E-state index in [1.165, 1.54) is 13.1 Å². The molecule has 0 saturated carbocycles. The third kappa shape index (κ3) is 6.23. The molecule has 0 amide bonds. The SMILES string of the molecule is Cc1ncc(COP(=O)(N[C@@H](C)C(=O)OC(C)C)Oc2cccc3c2CCCC3)c(C=O)c1O. The Hall–Kier alpha value is -2.74. The average Bonchev–Trinajstić information content (AvgIpc) is 2.79. The van der Waals surface area contributed by atoms with E-state index < -0.39 is 19.8 Å². The molecule has 34 heavy (non-hydrogen) atoms. The lowest BCUT2D eigenvalue weighted by Gasteiger charge is -2.26. The molecular formula is C24H31N2O7P. The summed E-state index contributed by atoms with van der Waals surface area (Å²) in [5.41, 5.74) is 2.59. The molecule has 0 radical (unpaired) electrons. The molecule has 1 aromatic carbocycles. The molecule has 10 heteroatoms. The number of hydrogen-bond donors (Lipinski definition) is 2. The van der Waals surface area contributed by atoms with E-state index in [1.807, 2.05) is 12.1 Å². The molecule has 3 rings (SSSR count). The number of carbonyl (C=O) groups excluding carboxylic acids is 2. The zero-order valence-corrected chi connectivity index (χ0v) is 20.8. The van der Waals surface area contributed by atoms with Gasteiger partial charge in [0.1, 0.15) is 17.5 Å². The number of ether oxygens (including phenoxy) is 1. The monoisotopic (exact) mass is 490 g/mol. The van der Waals surface area contributed by atoms with Crippen LogP contribution in [0.3, 0.4) is 0 Å². The van der Waals surface area contributed by atoms with Gasteiger partial charge in [-0.25, -0.2) is 4.57 Å². The number of aromatic hydroxyl groups is 1. The van der Waals surface area contributed by atoms with Crippen LogP contribution in [0.4, 0.5) is 0 Å². The minimum absolute atomic E-state index is 0.0107. The molecule has 0 spiro atoms. The third-order valence-electron chi connectivity index (χ3n) is 5.49. The van der Waals surface area contributed by atoms with E-state index in [2.05, 4.69) is 10.1 Å². The zero-order valence-electron chi connectivity index (χ0n) is 19.9. The molecular weight excluding hydrogens is 459 g/mol. The summed E-state index contributed by atoms with van der Waals surface area (Å²) in [6.45, 7) is 6.14. The number of nitrogens with zero attached hydrogens (tertiary/aromatic N) is 1. The first-order chi connectivity index (χ1) is 16.1. The molecule has 0 saturated heterocycles. The van der Waals surface area contributed by atoms with Gasteiger partial charge < -0.3 is 14.4 Å². The lowest BCUT2D eigenvalue weighted by molar-refractivity contribution is -0.149. The fourth-order valence-electron chi connectivity index (χ4n) is 3.73. The second kappa shape index (κ2) is 11.1. The number of aromatic nitrogens is 1. The van der Waals surface area contributed by atoms with Crippen molar-refractivity contribution in [2.75, 3.05) is 0 Å². The quantitative estimate of drug-likeness (QED) is 0.283. The molecule has 1 unspecified atom stereocenters. The van der Waals surface area contributed by atoms with Crippen LogP contribution in [0.2, 0.25) is 0 Å². The Balaban J connectivity index is 1.89. The number of hydrogen-bond acceptors (Lipinski definition) is 8. The lowest BCUT2D eigenvalue weighted by Crippen LogP contribution is -2.36. The van der Waals surface area contributed by atoms with Crippen LogP contribution in [0.5, 0.6) is 11.5 Å². The maximum atomic E-state index is 13.9. The summed E-state index contributed by atoms with van der Waals surface area (Å²) in [6, 6.07) is 4.56. The number of fused-ring (bicyclic) bond motifs is 1. The number of aldehydes is 1. The molecule has 2 aromatic rings. The molecule has 9 nitrogen and oxygen atoms in total. The fourth-order valence-corrected chi connectivity index (χ4v) is 5.23. The Morgan fingerprint density at radius 2 is 2.00 bits per heavy atom. The van der Waals surface area contributed by atoms with Gasteiger partial charge in [-0.2, -0.15) is 5.09 Å². The normalized spacial score (nSPS) is 15.8. The van der Waals surface area contributed by atoms with Crippen molar-refractivity contribution in [2.24, 2.45) is 0 Å². The van der Waals surface area contributed by atoms with Gasteiger partial charge in [0.05, 0.1) is 24.0 Å². The molecule has 1 aliphatic rings. The van der Waals surface area contributed by atoms with E-state index in [1.54, 1.807) is 26.8 Å². The Bertz CT molecular complexity index is 1100. The number of nitrogens with one attached hydrogen (secondary N) is 1. The summed E-state index contributed by atoms with van der Waals surface area (Å²) in [7, 11) is -4.14. The molecule has 2 atom stereocenters. The summed E-state index contributed by atoms with van der Waals surface area (Å²) >= 11 is 0. The van der Waals surface area contributed by atoms with Crippen molar-refractivity contribution in [2.45, 2.75) is 72.1 Å². The van der Waals surface area contributed by atoms with Gasteiger partial charge >= 0.3 is 13.7 Å². The van der Waals surface area contributed by atoms with Crippen molar-refractivity contribution in [1.29, 1.82) is 0 Å². The minimum atomic E-state index is -4.14. The number of carbonyl (C=O) groups is 2. The predicted molar refractivity (Wildman–Crippen MR) is 126 cm³/mol. The Kier molecular flexibility index (Phi) is 8.47. The molecule has 0 aliphatic heterocycles. The van der Waals surface area contributed by atoms with Crippen LogP contribution in [0.25, 0.3) is 0 Å². The maximum absolute atomic E-state index is 13.9. The second-order valence-electron chi connectivity index (χ2n) is 8.55. The van der Waals surface area contributed by atoms with Crippen molar-refractivity contribution in [3.8, 4) is 11.5 Å². The third-order valence-corrected chi connectivity index (χ3v) is 7.10. The first-order valence-electron chi connectivity index (χ1n) is 11.3. The number of benzene rings is 1. The van der Waals surface area contributed by atoms with Crippen LogP contribution in [0, 0.1) is 6.92 Å². The first-order valence-corrected chi connectivity index (χ1v) is 12.8. The van der Waals surface area contributed by atoms with Gasteiger partial charge in [0, 0.05) is 11.8 Å². The molecule has 1 aromatic heterocycles. The Morgan fingerprint density at radius 1 is 1.26 bits per heavy atom. The molecule has 2 N–H and O–H groups in total. The van der Waals surface area contributed by atoms with E-state index in [0.29, 0.717) is 12.0 Å². The van der Waals surface area contributed by atoms with Crippen molar-refractivity contribution in [3.05, 3.63) is 52.3 Å². The van der Waals surface area contributed by atoms with Gasteiger partial charge in [-0.3, -0.25) is 19.1 Å². The molecule has 184 valence electrons. The lowest BCUT2D eigenvalue weighted by atomic mass is 9.91. The van der Waals surface area contributed by atoms with E-state index >= 15 is 0 Å². The van der Waals surface area contributed by atoms with Crippen LogP contribution >= 0.6 is 7.75 Å². The summed E-state index contributed by atoms with van der Waals surface area (Å²) in [4.78, 5) is 27.9. The number of aryl methyl sites for hydroxylation is 2. The number of pyridine rings is 1. The maximum Gasteiger partial charge on any atom is 0.459 e. The topological polar surface area (TPSA) is 124 Å². The van der Waals surface area contributed by atoms with E-state index in [9.17, 15) is 19.3 Å². The summed E-state index contributed by atoms with van der Waals surface area (Å²) < 4.78 is 30.7. The van der Waals surface area contributed by atoms with Crippen LogP contribution in [0.15, 0.2) is 24.4 Å². The Morgan fingerprint density at radius 3 is 2.71 bits per heavy atom. The minimum Gasteiger partial charge on any atom is -0.505 e. The highest BCUT2D eigenvalue weighted by molar-refractivity contribution is 7.52. The van der Waals surface area contributed by atoms with E-state index in [0.717, 1.165) is 36.8 Å². The largest absolute Gasteiger partial charge is 0.505 e. The van der Waals surface area contributed by atoms with E-state index in [-0.39, 0.29) is 35.3 Å². The average molecular weight is 490 g/mol.